The highest BCUT2D eigenvalue weighted by molar-refractivity contribution is 5.94. The molecular formula is C20H14F4N2O2. The number of benzene rings is 2. The minimum Gasteiger partial charge on any atom is -0.439 e. The Bertz CT molecular complexity index is 938. The van der Waals surface area contributed by atoms with Crippen LogP contribution in [-0.4, -0.2) is 10.9 Å². The molecule has 1 amide bonds. The number of amides is 1. The number of pyridine rings is 1. The molecule has 0 bridgehead atoms. The Hall–Kier alpha value is -3.42. The van der Waals surface area contributed by atoms with E-state index in [1.807, 2.05) is 0 Å². The van der Waals surface area contributed by atoms with Gasteiger partial charge in [0.1, 0.15) is 11.6 Å². The summed E-state index contributed by atoms with van der Waals surface area (Å²) in [6.07, 6.45) is -2.95. The molecule has 0 aliphatic rings. The van der Waals surface area contributed by atoms with Crippen LogP contribution in [0.5, 0.6) is 11.6 Å². The van der Waals surface area contributed by atoms with Crippen molar-refractivity contribution in [2.75, 3.05) is 0 Å². The second-order valence-electron chi connectivity index (χ2n) is 5.82. The number of hydrogen-bond acceptors (Lipinski definition) is 3. The van der Waals surface area contributed by atoms with Gasteiger partial charge in [0.15, 0.2) is 0 Å². The van der Waals surface area contributed by atoms with Crippen LogP contribution in [0.15, 0.2) is 66.9 Å². The Balaban J connectivity index is 1.55. The molecular weight excluding hydrogens is 376 g/mol. The lowest BCUT2D eigenvalue weighted by molar-refractivity contribution is -0.137. The third kappa shape index (κ3) is 5.06. The van der Waals surface area contributed by atoms with Crippen LogP contribution in [0.1, 0.15) is 21.5 Å². The van der Waals surface area contributed by atoms with E-state index in [4.69, 9.17) is 4.74 Å². The number of halogens is 4. The smallest absolute Gasteiger partial charge is 0.416 e. The molecule has 3 rings (SSSR count). The van der Waals surface area contributed by atoms with Crippen molar-refractivity contribution in [1.29, 1.82) is 0 Å². The van der Waals surface area contributed by atoms with E-state index in [1.54, 1.807) is 12.1 Å². The van der Waals surface area contributed by atoms with Crippen molar-refractivity contribution in [3.8, 4) is 11.6 Å². The van der Waals surface area contributed by atoms with Gasteiger partial charge in [0.2, 0.25) is 5.88 Å². The van der Waals surface area contributed by atoms with Gasteiger partial charge in [-0.05, 0) is 54.1 Å². The number of carbonyl (C=O) groups excluding carboxylic acids is 1. The van der Waals surface area contributed by atoms with E-state index < -0.39 is 17.6 Å². The molecule has 8 heteroatoms. The van der Waals surface area contributed by atoms with Crippen LogP contribution in [0.2, 0.25) is 0 Å². The number of nitrogens with zero attached hydrogens (tertiary/aromatic N) is 1. The van der Waals surface area contributed by atoms with Crippen LogP contribution in [0.25, 0.3) is 0 Å². The highest BCUT2D eigenvalue weighted by Crippen LogP contribution is 2.29. The predicted octanol–water partition coefficient (Wildman–Crippen LogP) is 4.96. The monoisotopic (exact) mass is 390 g/mol. The highest BCUT2D eigenvalue weighted by Gasteiger charge is 2.30. The fourth-order valence-electron chi connectivity index (χ4n) is 2.29. The van der Waals surface area contributed by atoms with E-state index in [1.165, 1.54) is 30.5 Å². The molecule has 0 unspecified atom stereocenters. The lowest BCUT2D eigenvalue weighted by Gasteiger charge is -2.09. The SMILES string of the molecule is O=C(NCc1ccc(Oc2ccc(F)cc2)nc1)c1ccc(C(F)(F)F)cc1. The lowest BCUT2D eigenvalue weighted by Crippen LogP contribution is -2.23. The minimum absolute atomic E-state index is 0.122. The largest absolute Gasteiger partial charge is 0.439 e. The summed E-state index contributed by atoms with van der Waals surface area (Å²) in [6, 6.07) is 12.7. The average molecular weight is 390 g/mol. The van der Waals surface area contributed by atoms with E-state index in [0.717, 1.165) is 24.3 Å². The Morgan fingerprint density at radius 2 is 1.64 bits per heavy atom. The van der Waals surface area contributed by atoms with Gasteiger partial charge in [-0.1, -0.05) is 6.07 Å². The van der Waals surface area contributed by atoms with Gasteiger partial charge in [-0.2, -0.15) is 13.2 Å². The fourth-order valence-corrected chi connectivity index (χ4v) is 2.29. The third-order valence-corrected chi connectivity index (χ3v) is 3.76. The van der Waals surface area contributed by atoms with Crippen molar-refractivity contribution in [2.24, 2.45) is 0 Å². The number of hydrogen-bond donors (Lipinski definition) is 1. The Morgan fingerprint density at radius 3 is 2.21 bits per heavy atom. The Morgan fingerprint density at radius 1 is 0.964 bits per heavy atom. The molecule has 0 aliphatic heterocycles. The van der Waals surface area contributed by atoms with Gasteiger partial charge >= 0.3 is 6.18 Å². The molecule has 28 heavy (non-hydrogen) atoms. The molecule has 0 radical (unpaired) electrons. The summed E-state index contributed by atoms with van der Waals surface area (Å²) in [4.78, 5) is 16.1. The van der Waals surface area contributed by atoms with Crippen LogP contribution in [-0.2, 0) is 12.7 Å². The van der Waals surface area contributed by atoms with Crippen LogP contribution < -0.4 is 10.1 Å². The van der Waals surface area contributed by atoms with Crippen LogP contribution in [0, 0.1) is 5.82 Å². The summed E-state index contributed by atoms with van der Waals surface area (Å²) < 4.78 is 56.0. The molecule has 0 fully saturated rings. The summed E-state index contributed by atoms with van der Waals surface area (Å²) in [6.45, 7) is 0.143. The lowest BCUT2D eigenvalue weighted by atomic mass is 10.1. The third-order valence-electron chi connectivity index (χ3n) is 3.76. The topological polar surface area (TPSA) is 51.2 Å². The van der Waals surface area contributed by atoms with Gasteiger partial charge < -0.3 is 10.1 Å². The maximum absolute atomic E-state index is 12.9. The quantitative estimate of drug-likeness (QED) is 0.627. The van der Waals surface area contributed by atoms with Crippen LogP contribution in [0.3, 0.4) is 0 Å². The molecule has 4 nitrogen and oxygen atoms in total. The zero-order valence-corrected chi connectivity index (χ0v) is 14.3. The Kier molecular flexibility index (Phi) is 5.58. The van der Waals surface area contributed by atoms with Crippen molar-refractivity contribution in [3.05, 3.63) is 89.4 Å². The average Bonchev–Trinajstić information content (AvgIpc) is 2.68. The predicted molar refractivity (Wildman–Crippen MR) is 93.3 cm³/mol. The van der Waals surface area contributed by atoms with Crippen molar-refractivity contribution >= 4 is 5.91 Å². The van der Waals surface area contributed by atoms with Gasteiger partial charge in [0.05, 0.1) is 5.56 Å². The van der Waals surface area contributed by atoms with Gasteiger partial charge in [0.25, 0.3) is 5.91 Å². The van der Waals surface area contributed by atoms with Crippen molar-refractivity contribution in [3.63, 3.8) is 0 Å². The van der Waals surface area contributed by atoms with Crippen molar-refractivity contribution < 1.29 is 27.1 Å². The zero-order chi connectivity index (χ0) is 20.1. The number of carbonyl (C=O) groups is 1. The summed E-state index contributed by atoms with van der Waals surface area (Å²) in [5.41, 5.74) is -0.0195. The fraction of sp³-hybridized carbons (Fsp3) is 0.100. The molecule has 144 valence electrons. The standard InChI is InChI=1S/C20H14F4N2O2/c21-16-6-8-17(9-7-16)28-18-10-1-13(11-25-18)12-26-19(27)14-2-4-15(5-3-14)20(22,23)24/h1-11H,12H2,(H,26,27). The molecule has 1 aromatic heterocycles. The molecule has 0 aliphatic carbocycles. The second kappa shape index (κ2) is 8.08. The molecule has 0 saturated carbocycles. The van der Waals surface area contributed by atoms with E-state index >= 15 is 0 Å². The van der Waals surface area contributed by atoms with Crippen LogP contribution >= 0.6 is 0 Å². The zero-order valence-electron chi connectivity index (χ0n) is 14.3. The molecule has 2 aromatic carbocycles. The molecule has 0 saturated heterocycles. The maximum atomic E-state index is 12.9. The van der Waals surface area contributed by atoms with Gasteiger partial charge in [-0.3, -0.25) is 4.79 Å². The summed E-state index contributed by atoms with van der Waals surface area (Å²) in [5.74, 6) is -0.151. The summed E-state index contributed by atoms with van der Waals surface area (Å²) >= 11 is 0. The van der Waals surface area contributed by atoms with E-state index in [9.17, 15) is 22.4 Å². The molecule has 0 spiro atoms. The number of ether oxygens (including phenoxy) is 1. The number of aromatic nitrogens is 1. The number of nitrogens with one attached hydrogen (secondary N) is 1. The van der Waals surface area contributed by atoms with E-state index in [2.05, 4.69) is 10.3 Å². The molecule has 3 aromatic rings. The Labute approximate surface area is 157 Å². The molecule has 0 atom stereocenters. The summed E-state index contributed by atoms with van der Waals surface area (Å²) in [5, 5.41) is 2.61. The second-order valence-corrected chi connectivity index (χ2v) is 5.82. The van der Waals surface area contributed by atoms with Crippen molar-refractivity contribution in [2.45, 2.75) is 12.7 Å². The molecule has 1 heterocycles. The maximum Gasteiger partial charge on any atom is 0.416 e. The normalized spacial score (nSPS) is 11.1. The van der Waals surface area contributed by atoms with E-state index in [0.29, 0.717) is 17.2 Å². The number of alkyl halides is 3. The summed E-state index contributed by atoms with van der Waals surface area (Å²) in [7, 11) is 0. The van der Waals surface area contributed by atoms with Gasteiger partial charge in [-0.15, -0.1) is 0 Å². The van der Waals surface area contributed by atoms with Gasteiger partial charge in [-0.25, -0.2) is 9.37 Å². The highest BCUT2D eigenvalue weighted by atomic mass is 19.4. The van der Waals surface area contributed by atoms with Gasteiger partial charge in [0, 0.05) is 24.4 Å². The first kappa shape index (κ1) is 19.3. The first-order chi connectivity index (χ1) is 13.3. The molecule has 1 N–H and O–H groups in total. The first-order valence-electron chi connectivity index (χ1n) is 8.15. The van der Waals surface area contributed by atoms with E-state index in [-0.39, 0.29) is 17.9 Å². The first-order valence-corrected chi connectivity index (χ1v) is 8.15. The minimum atomic E-state index is -4.45. The van der Waals surface area contributed by atoms with Crippen molar-refractivity contribution in [1.82, 2.24) is 10.3 Å². The van der Waals surface area contributed by atoms with Crippen LogP contribution in [0.4, 0.5) is 17.6 Å². The number of rotatable bonds is 5.